The highest BCUT2D eigenvalue weighted by Crippen LogP contribution is 2.45. The molecule has 0 aliphatic heterocycles. The van der Waals surface area contributed by atoms with Gasteiger partial charge in [-0.05, 0) is 76.4 Å². The van der Waals surface area contributed by atoms with E-state index in [0.717, 1.165) is 16.6 Å². The van der Waals surface area contributed by atoms with Gasteiger partial charge < -0.3 is 4.74 Å². The molecule has 20 heavy (non-hydrogen) atoms. The molecule has 0 heterocycles. The smallest absolute Gasteiger partial charge is 0.134 e. The minimum atomic E-state index is 0.170. The standard InChI is InChI=1S/C18H25BrO/c1-11(2)13-7-8-18(5,6)15-10-17(20-12(3)4)16(19)9-14(13)15/h7,9-12H,8H2,1-6H3. The van der Waals surface area contributed by atoms with Crippen LogP contribution in [-0.4, -0.2) is 6.10 Å². The van der Waals surface area contributed by atoms with Crippen LogP contribution >= 0.6 is 15.9 Å². The van der Waals surface area contributed by atoms with Crippen molar-refractivity contribution in [3.63, 3.8) is 0 Å². The zero-order chi connectivity index (χ0) is 15.1. The van der Waals surface area contributed by atoms with Crippen LogP contribution in [0.15, 0.2) is 22.7 Å². The Morgan fingerprint density at radius 3 is 2.35 bits per heavy atom. The summed E-state index contributed by atoms with van der Waals surface area (Å²) in [6.07, 6.45) is 3.69. The third kappa shape index (κ3) is 2.95. The molecule has 0 radical (unpaired) electrons. The molecule has 2 heteroatoms. The molecule has 1 aromatic rings. The Labute approximate surface area is 131 Å². The van der Waals surface area contributed by atoms with E-state index in [9.17, 15) is 0 Å². The van der Waals surface area contributed by atoms with E-state index in [4.69, 9.17) is 4.74 Å². The zero-order valence-electron chi connectivity index (χ0n) is 13.4. The SMILES string of the molecule is CC(C)Oc1cc2c(cc1Br)C(C(C)C)=CCC2(C)C. The van der Waals surface area contributed by atoms with E-state index < -0.39 is 0 Å². The summed E-state index contributed by atoms with van der Waals surface area (Å²) in [5.74, 6) is 1.51. The van der Waals surface area contributed by atoms with Crippen molar-refractivity contribution >= 4 is 21.5 Å². The lowest BCUT2D eigenvalue weighted by molar-refractivity contribution is 0.240. The number of hydrogen-bond donors (Lipinski definition) is 0. The van der Waals surface area contributed by atoms with Gasteiger partial charge in [-0.15, -0.1) is 0 Å². The van der Waals surface area contributed by atoms with Gasteiger partial charge in [-0.2, -0.15) is 0 Å². The minimum Gasteiger partial charge on any atom is -0.490 e. The van der Waals surface area contributed by atoms with E-state index in [2.05, 4.69) is 75.7 Å². The van der Waals surface area contributed by atoms with Crippen LogP contribution in [0, 0.1) is 5.92 Å². The molecule has 0 atom stereocenters. The molecule has 2 rings (SSSR count). The molecule has 0 spiro atoms. The predicted octanol–water partition coefficient (Wildman–Crippen LogP) is 5.96. The highest BCUT2D eigenvalue weighted by molar-refractivity contribution is 9.10. The lowest BCUT2D eigenvalue weighted by atomic mass is 9.71. The first-order valence-corrected chi connectivity index (χ1v) is 8.23. The molecule has 0 amide bonds. The minimum absolute atomic E-state index is 0.170. The number of ether oxygens (including phenoxy) is 1. The van der Waals surface area contributed by atoms with Crippen molar-refractivity contribution in [2.45, 2.75) is 59.5 Å². The fraction of sp³-hybridized carbons (Fsp3) is 0.556. The Bertz CT molecular complexity index is 539. The van der Waals surface area contributed by atoms with Gasteiger partial charge in [0.25, 0.3) is 0 Å². The molecule has 1 aliphatic carbocycles. The first-order valence-electron chi connectivity index (χ1n) is 7.43. The number of fused-ring (bicyclic) bond motifs is 1. The molecule has 0 saturated heterocycles. The number of halogens is 1. The Kier molecular flexibility index (Phi) is 4.34. The largest absolute Gasteiger partial charge is 0.490 e. The summed E-state index contributed by atoms with van der Waals surface area (Å²) in [7, 11) is 0. The van der Waals surface area contributed by atoms with Crippen LogP contribution in [-0.2, 0) is 5.41 Å². The van der Waals surface area contributed by atoms with Gasteiger partial charge in [0.1, 0.15) is 5.75 Å². The topological polar surface area (TPSA) is 9.23 Å². The van der Waals surface area contributed by atoms with Crippen molar-refractivity contribution in [3.05, 3.63) is 33.8 Å². The average Bonchev–Trinajstić information content (AvgIpc) is 2.30. The van der Waals surface area contributed by atoms with Gasteiger partial charge in [0.15, 0.2) is 0 Å². The highest BCUT2D eigenvalue weighted by atomic mass is 79.9. The van der Waals surface area contributed by atoms with Gasteiger partial charge in [0.2, 0.25) is 0 Å². The van der Waals surface area contributed by atoms with Crippen LogP contribution < -0.4 is 4.74 Å². The van der Waals surface area contributed by atoms with Gasteiger partial charge in [0, 0.05) is 0 Å². The monoisotopic (exact) mass is 336 g/mol. The second-order valence-corrected chi connectivity index (χ2v) is 7.75. The third-order valence-corrected chi connectivity index (χ3v) is 4.55. The van der Waals surface area contributed by atoms with Crippen LogP contribution in [0.25, 0.3) is 5.57 Å². The van der Waals surface area contributed by atoms with Crippen LogP contribution in [0.4, 0.5) is 0 Å². The van der Waals surface area contributed by atoms with Crippen LogP contribution in [0.3, 0.4) is 0 Å². The Morgan fingerprint density at radius 1 is 1.15 bits per heavy atom. The summed E-state index contributed by atoms with van der Waals surface area (Å²) >= 11 is 3.67. The van der Waals surface area contributed by atoms with Gasteiger partial charge in [0.05, 0.1) is 10.6 Å². The average molecular weight is 337 g/mol. The fourth-order valence-electron chi connectivity index (χ4n) is 2.83. The van der Waals surface area contributed by atoms with Crippen LogP contribution in [0.5, 0.6) is 5.75 Å². The third-order valence-electron chi connectivity index (χ3n) is 3.93. The molecule has 0 saturated carbocycles. The zero-order valence-corrected chi connectivity index (χ0v) is 15.0. The Hall–Kier alpha value is -0.760. The number of rotatable bonds is 3. The first kappa shape index (κ1) is 15.6. The molecule has 0 N–H and O–H groups in total. The van der Waals surface area contributed by atoms with Gasteiger partial charge in [-0.3, -0.25) is 0 Å². The number of allylic oxidation sites excluding steroid dienone is 2. The van der Waals surface area contributed by atoms with Gasteiger partial charge in [-0.1, -0.05) is 33.8 Å². The van der Waals surface area contributed by atoms with Gasteiger partial charge in [-0.25, -0.2) is 0 Å². The van der Waals surface area contributed by atoms with Gasteiger partial charge >= 0.3 is 0 Å². The van der Waals surface area contributed by atoms with Crippen LogP contribution in [0.1, 0.15) is 59.1 Å². The van der Waals surface area contributed by atoms with E-state index in [1.54, 1.807) is 0 Å². The highest BCUT2D eigenvalue weighted by Gasteiger charge is 2.30. The summed E-state index contributed by atoms with van der Waals surface area (Å²) in [4.78, 5) is 0. The predicted molar refractivity (Wildman–Crippen MR) is 90.4 cm³/mol. The summed E-state index contributed by atoms with van der Waals surface area (Å²) < 4.78 is 6.98. The van der Waals surface area contributed by atoms with Crippen molar-refractivity contribution < 1.29 is 4.74 Å². The molecule has 0 unspecified atom stereocenters. The number of benzene rings is 1. The summed E-state index contributed by atoms with van der Waals surface area (Å²) in [6, 6.07) is 4.47. The van der Waals surface area contributed by atoms with E-state index in [0.29, 0.717) is 5.92 Å². The molecule has 1 aromatic carbocycles. The van der Waals surface area contributed by atoms with E-state index >= 15 is 0 Å². The summed E-state index contributed by atoms with van der Waals surface area (Å²) in [6.45, 7) is 13.3. The van der Waals surface area contributed by atoms with Crippen molar-refractivity contribution in [3.8, 4) is 5.75 Å². The lowest BCUT2D eigenvalue weighted by Crippen LogP contribution is -2.23. The van der Waals surface area contributed by atoms with Crippen molar-refractivity contribution in [1.82, 2.24) is 0 Å². The second kappa shape index (κ2) is 5.55. The fourth-order valence-corrected chi connectivity index (χ4v) is 3.26. The first-order chi connectivity index (χ1) is 9.22. The maximum atomic E-state index is 5.93. The molecular weight excluding hydrogens is 312 g/mol. The lowest BCUT2D eigenvalue weighted by Gasteiger charge is -2.34. The van der Waals surface area contributed by atoms with Crippen molar-refractivity contribution in [1.29, 1.82) is 0 Å². The maximum Gasteiger partial charge on any atom is 0.134 e. The Morgan fingerprint density at radius 2 is 1.80 bits per heavy atom. The summed E-state index contributed by atoms with van der Waals surface area (Å²) in [5.41, 5.74) is 4.40. The van der Waals surface area contributed by atoms with E-state index in [1.165, 1.54) is 16.7 Å². The molecule has 0 aromatic heterocycles. The van der Waals surface area contributed by atoms with Crippen molar-refractivity contribution in [2.75, 3.05) is 0 Å². The van der Waals surface area contributed by atoms with Crippen LogP contribution in [0.2, 0.25) is 0 Å². The van der Waals surface area contributed by atoms with E-state index in [-0.39, 0.29) is 11.5 Å². The second-order valence-electron chi connectivity index (χ2n) is 6.90. The maximum absolute atomic E-state index is 5.93. The molecule has 110 valence electrons. The molecule has 1 nitrogen and oxygen atoms in total. The number of hydrogen-bond acceptors (Lipinski definition) is 1. The van der Waals surface area contributed by atoms with E-state index in [1.807, 2.05) is 0 Å². The normalized spacial score (nSPS) is 17.1. The summed E-state index contributed by atoms with van der Waals surface area (Å²) in [5, 5.41) is 0. The van der Waals surface area contributed by atoms with Crippen molar-refractivity contribution in [2.24, 2.45) is 5.92 Å². The molecular formula is C18H25BrO. The molecule has 0 bridgehead atoms. The Balaban J connectivity index is 2.58. The molecule has 0 fully saturated rings. The molecule has 1 aliphatic rings. The quantitative estimate of drug-likeness (QED) is 0.661.